The number of anilines is 1. The van der Waals surface area contributed by atoms with Crippen LogP contribution in [0.25, 0.3) is 0 Å². The van der Waals surface area contributed by atoms with E-state index in [1.807, 2.05) is 0 Å². The van der Waals surface area contributed by atoms with Gasteiger partial charge in [-0.3, -0.25) is 0 Å². The van der Waals surface area contributed by atoms with Gasteiger partial charge in [-0.25, -0.2) is 4.98 Å². The van der Waals surface area contributed by atoms with Gasteiger partial charge >= 0.3 is 0 Å². The van der Waals surface area contributed by atoms with Gasteiger partial charge in [0, 0.05) is 18.8 Å². The van der Waals surface area contributed by atoms with Crippen molar-refractivity contribution in [3.05, 3.63) is 22.3 Å². The lowest BCUT2D eigenvalue weighted by Crippen LogP contribution is -2.31. The molecule has 0 aromatic carbocycles. The predicted molar refractivity (Wildman–Crippen MR) is 68.4 cm³/mol. The lowest BCUT2D eigenvalue weighted by atomic mass is 10.1. The third-order valence-electron chi connectivity index (χ3n) is 2.70. The Morgan fingerprint density at radius 1 is 1.38 bits per heavy atom. The zero-order valence-electron chi connectivity index (χ0n) is 8.97. The molecule has 5 heteroatoms. The summed E-state index contributed by atoms with van der Waals surface area (Å²) >= 11 is 11.9. The van der Waals surface area contributed by atoms with Crippen LogP contribution in [0.5, 0.6) is 0 Å². The molecule has 0 bridgehead atoms. The van der Waals surface area contributed by atoms with Crippen molar-refractivity contribution >= 4 is 29.0 Å². The van der Waals surface area contributed by atoms with Crippen LogP contribution < -0.4 is 10.6 Å². The molecule has 0 spiro atoms. The highest BCUT2D eigenvalue weighted by molar-refractivity contribution is 6.35. The molecule has 1 aliphatic rings. The van der Waals surface area contributed by atoms with Gasteiger partial charge < -0.3 is 10.6 Å². The van der Waals surface area contributed by atoms with E-state index in [0.717, 1.165) is 25.3 Å². The van der Waals surface area contributed by atoms with Crippen LogP contribution >= 0.6 is 23.2 Å². The summed E-state index contributed by atoms with van der Waals surface area (Å²) in [4.78, 5) is 4.20. The Labute approximate surface area is 106 Å². The van der Waals surface area contributed by atoms with E-state index in [2.05, 4.69) is 15.6 Å². The maximum absolute atomic E-state index is 6.06. The largest absolute Gasteiger partial charge is 0.365 e. The SMILES string of the molecule is Clc1cnc(NC2CCCCNC2)c(Cl)c1. The van der Waals surface area contributed by atoms with Crippen LogP contribution in [0, 0.1) is 0 Å². The lowest BCUT2D eigenvalue weighted by Gasteiger charge is -2.17. The highest BCUT2D eigenvalue weighted by atomic mass is 35.5. The molecule has 0 radical (unpaired) electrons. The summed E-state index contributed by atoms with van der Waals surface area (Å²) < 4.78 is 0. The van der Waals surface area contributed by atoms with E-state index in [1.165, 1.54) is 12.8 Å². The van der Waals surface area contributed by atoms with E-state index >= 15 is 0 Å². The number of aromatic nitrogens is 1. The number of pyridine rings is 1. The van der Waals surface area contributed by atoms with Crippen molar-refractivity contribution in [3.8, 4) is 0 Å². The van der Waals surface area contributed by atoms with Gasteiger partial charge in [-0.15, -0.1) is 0 Å². The molecule has 2 N–H and O–H groups in total. The van der Waals surface area contributed by atoms with Gasteiger partial charge in [0.05, 0.1) is 10.0 Å². The summed E-state index contributed by atoms with van der Waals surface area (Å²) in [5.74, 6) is 0.722. The normalized spacial score (nSPS) is 21.5. The summed E-state index contributed by atoms with van der Waals surface area (Å²) in [6, 6.07) is 2.11. The number of hydrogen-bond acceptors (Lipinski definition) is 3. The molecule has 1 aromatic heterocycles. The lowest BCUT2D eigenvalue weighted by molar-refractivity contribution is 0.634. The molecule has 2 rings (SSSR count). The molecule has 2 heterocycles. The maximum Gasteiger partial charge on any atom is 0.145 e. The van der Waals surface area contributed by atoms with Gasteiger partial charge in [0.15, 0.2) is 0 Å². The highest BCUT2D eigenvalue weighted by Crippen LogP contribution is 2.23. The first kappa shape index (κ1) is 12.0. The summed E-state index contributed by atoms with van der Waals surface area (Å²) in [5.41, 5.74) is 0. The molecule has 1 fully saturated rings. The standard InChI is InChI=1S/C11H15Cl2N3/c12-8-5-10(13)11(15-6-8)16-9-3-1-2-4-14-7-9/h5-6,9,14H,1-4,7H2,(H,15,16). The van der Waals surface area contributed by atoms with Crippen LogP contribution in [-0.2, 0) is 0 Å². The summed E-state index contributed by atoms with van der Waals surface area (Å²) in [7, 11) is 0. The first-order valence-corrected chi connectivity index (χ1v) is 6.29. The van der Waals surface area contributed by atoms with E-state index in [-0.39, 0.29) is 0 Å². The van der Waals surface area contributed by atoms with Gasteiger partial charge in [-0.05, 0) is 25.5 Å². The Hall–Kier alpha value is -0.510. The predicted octanol–water partition coefficient (Wildman–Crippen LogP) is 2.94. The fourth-order valence-corrected chi connectivity index (χ4v) is 2.29. The quantitative estimate of drug-likeness (QED) is 0.858. The Kier molecular flexibility index (Phi) is 4.27. The second-order valence-corrected chi connectivity index (χ2v) is 4.87. The second-order valence-electron chi connectivity index (χ2n) is 4.03. The molecule has 0 amide bonds. The average Bonchev–Trinajstić information content (AvgIpc) is 2.51. The minimum atomic E-state index is 0.397. The second kappa shape index (κ2) is 5.71. The van der Waals surface area contributed by atoms with Crippen molar-refractivity contribution in [1.29, 1.82) is 0 Å². The topological polar surface area (TPSA) is 37.0 Å². The van der Waals surface area contributed by atoms with Crippen LogP contribution in [0.3, 0.4) is 0 Å². The summed E-state index contributed by atoms with van der Waals surface area (Å²) in [5, 5.41) is 7.89. The minimum absolute atomic E-state index is 0.397. The monoisotopic (exact) mass is 259 g/mol. The molecule has 1 aliphatic heterocycles. The van der Waals surface area contributed by atoms with E-state index < -0.39 is 0 Å². The zero-order chi connectivity index (χ0) is 11.4. The molecule has 0 aliphatic carbocycles. The molecule has 88 valence electrons. The minimum Gasteiger partial charge on any atom is -0.365 e. The Bertz CT molecular complexity index is 349. The molecule has 16 heavy (non-hydrogen) atoms. The average molecular weight is 260 g/mol. The fraction of sp³-hybridized carbons (Fsp3) is 0.545. The molecule has 1 saturated heterocycles. The Morgan fingerprint density at radius 2 is 2.25 bits per heavy atom. The first-order chi connectivity index (χ1) is 7.75. The molecular weight excluding hydrogens is 245 g/mol. The maximum atomic E-state index is 6.06. The number of rotatable bonds is 2. The Balaban J connectivity index is 2.01. The number of nitrogens with one attached hydrogen (secondary N) is 2. The van der Waals surface area contributed by atoms with Crippen LogP contribution in [0.15, 0.2) is 12.3 Å². The van der Waals surface area contributed by atoms with E-state index in [1.54, 1.807) is 12.3 Å². The third kappa shape index (κ3) is 3.24. The summed E-state index contributed by atoms with van der Waals surface area (Å²) in [6.45, 7) is 2.06. The Morgan fingerprint density at radius 3 is 3.06 bits per heavy atom. The van der Waals surface area contributed by atoms with Crippen molar-refractivity contribution in [2.45, 2.75) is 25.3 Å². The van der Waals surface area contributed by atoms with Crippen molar-refractivity contribution in [2.24, 2.45) is 0 Å². The molecule has 1 atom stereocenters. The van der Waals surface area contributed by atoms with Crippen LogP contribution in [-0.4, -0.2) is 24.1 Å². The molecule has 1 unspecified atom stereocenters. The summed E-state index contributed by atoms with van der Waals surface area (Å²) in [6.07, 6.45) is 5.23. The van der Waals surface area contributed by atoms with Gasteiger partial charge in [0.25, 0.3) is 0 Å². The van der Waals surface area contributed by atoms with Gasteiger partial charge in [-0.2, -0.15) is 0 Å². The highest BCUT2D eigenvalue weighted by Gasteiger charge is 2.13. The van der Waals surface area contributed by atoms with Crippen molar-refractivity contribution in [3.63, 3.8) is 0 Å². The fourth-order valence-electron chi connectivity index (χ4n) is 1.86. The van der Waals surface area contributed by atoms with E-state index in [4.69, 9.17) is 23.2 Å². The van der Waals surface area contributed by atoms with E-state index in [0.29, 0.717) is 16.1 Å². The van der Waals surface area contributed by atoms with Crippen molar-refractivity contribution in [2.75, 3.05) is 18.4 Å². The van der Waals surface area contributed by atoms with Crippen LogP contribution in [0.2, 0.25) is 10.0 Å². The van der Waals surface area contributed by atoms with Crippen molar-refractivity contribution < 1.29 is 0 Å². The van der Waals surface area contributed by atoms with Crippen LogP contribution in [0.4, 0.5) is 5.82 Å². The molecule has 1 aromatic rings. The van der Waals surface area contributed by atoms with Crippen LogP contribution in [0.1, 0.15) is 19.3 Å². The zero-order valence-corrected chi connectivity index (χ0v) is 10.5. The molecule has 3 nitrogen and oxygen atoms in total. The van der Waals surface area contributed by atoms with E-state index in [9.17, 15) is 0 Å². The third-order valence-corrected chi connectivity index (χ3v) is 3.19. The smallest absolute Gasteiger partial charge is 0.145 e. The number of hydrogen-bond donors (Lipinski definition) is 2. The molecule has 0 saturated carbocycles. The van der Waals surface area contributed by atoms with Crippen molar-refractivity contribution in [1.82, 2.24) is 10.3 Å². The first-order valence-electron chi connectivity index (χ1n) is 5.54. The van der Waals surface area contributed by atoms with Gasteiger partial charge in [0.2, 0.25) is 0 Å². The number of halogens is 2. The molecular formula is C11H15Cl2N3. The van der Waals surface area contributed by atoms with Gasteiger partial charge in [0.1, 0.15) is 5.82 Å². The number of nitrogens with zero attached hydrogens (tertiary/aromatic N) is 1. The van der Waals surface area contributed by atoms with Gasteiger partial charge in [-0.1, -0.05) is 29.6 Å².